The average Bonchev–Trinajstić information content (AvgIpc) is 2.15. The summed E-state index contributed by atoms with van der Waals surface area (Å²) in [5.74, 6) is 0.201. The number of nitro benzene ring substituents is 1. The minimum absolute atomic E-state index is 0.0880. The first-order chi connectivity index (χ1) is 6.56. The topological polar surface area (TPSA) is 43.1 Å². The zero-order chi connectivity index (χ0) is 10.7. The van der Waals surface area contributed by atoms with Gasteiger partial charge in [-0.1, -0.05) is 19.1 Å². The van der Waals surface area contributed by atoms with E-state index < -0.39 is 4.92 Å². The first-order valence-electron chi connectivity index (χ1n) is 4.12. The largest absolute Gasteiger partial charge is 0.283 e. The number of allylic oxidation sites excluding steroid dienone is 1. The Morgan fingerprint density at radius 3 is 2.71 bits per heavy atom. The number of halogens is 1. The maximum atomic E-state index is 10.5. The van der Waals surface area contributed by atoms with Crippen LogP contribution in [0.4, 0.5) is 5.69 Å². The van der Waals surface area contributed by atoms with Gasteiger partial charge in [-0.3, -0.25) is 10.1 Å². The van der Waals surface area contributed by atoms with Crippen molar-refractivity contribution in [2.75, 3.05) is 0 Å². The van der Waals surface area contributed by atoms with Crippen molar-refractivity contribution in [3.8, 4) is 0 Å². The van der Waals surface area contributed by atoms with Gasteiger partial charge in [0.15, 0.2) is 0 Å². The van der Waals surface area contributed by atoms with Crippen LogP contribution in [-0.2, 0) is 0 Å². The Morgan fingerprint density at radius 1 is 1.64 bits per heavy atom. The number of hydrogen-bond acceptors (Lipinski definition) is 2. The molecule has 0 fully saturated rings. The molecule has 0 aromatic heterocycles. The molecular formula is C10H10BrNO2. The third-order valence-corrected chi connectivity index (χ3v) is 2.68. The van der Waals surface area contributed by atoms with Crippen molar-refractivity contribution < 1.29 is 4.92 Å². The molecule has 1 atom stereocenters. The van der Waals surface area contributed by atoms with Gasteiger partial charge in [0.05, 0.1) is 9.40 Å². The van der Waals surface area contributed by atoms with E-state index in [0.717, 1.165) is 5.56 Å². The Hall–Kier alpha value is -1.16. The van der Waals surface area contributed by atoms with Gasteiger partial charge in [0.25, 0.3) is 5.69 Å². The molecule has 3 nitrogen and oxygen atoms in total. The molecule has 74 valence electrons. The minimum Gasteiger partial charge on any atom is -0.258 e. The highest BCUT2D eigenvalue weighted by molar-refractivity contribution is 9.10. The van der Waals surface area contributed by atoms with Crippen LogP contribution < -0.4 is 0 Å². The fourth-order valence-electron chi connectivity index (χ4n) is 1.09. The Bertz CT molecular complexity index is 376. The fourth-order valence-corrected chi connectivity index (χ4v) is 1.63. The molecule has 0 amide bonds. The van der Waals surface area contributed by atoms with Gasteiger partial charge in [-0.25, -0.2) is 0 Å². The first-order valence-corrected chi connectivity index (χ1v) is 4.92. The standard InChI is InChI=1S/C10H10BrNO2/c1-3-7(2)8-4-5-10(12(13)14)9(11)6-8/h3-7H,1H2,2H3. The summed E-state index contributed by atoms with van der Waals surface area (Å²) in [5, 5.41) is 10.5. The molecule has 1 aromatic carbocycles. The van der Waals surface area contributed by atoms with Crippen molar-refractivity contribution in [3.05, 3.63) is 51.0 Å². The fraction of sp³-hybridized carbons (Fsp3) is 0.200. The molecule has 14 heavy (non-hydrogen) atoms. The highest BCUT2D eigenvalue weighted by Crippen LogP contribution is 2.28. The van der Waals surface area contributed by atoms with E-state index in [0.29, 0.717) is 4.47 Å². The molecular weight excluding hydrogens is 246 g/mol. The second kappa shape index (κ2) is 4.37. The molecule has 0 saturated heterocycles. The molecule has 0 bridgehead atoms. The van der Waals surface area contributed by atoms with E-state index >= 15 is 0 Å². The number of benzene rings is 1. The van der Waals surface area contributed by atoms with Crippen LogP contribution in [0.1, 0.15) is 18.4 Å². The smallest absolute Gasteiger partial charge is 0.258 e. The van der Waals surface area contributed by atoms with E-state index in [2.05, 4.69) is 22.5 Å². The molecule has 1 rings (SSSR count). The highest BCUT2D eigenvalue weighted by Gasteiger charge is 2.12. The third-order valence-electron chi connectivity index (χ3n) is 2.05. The summed E-state index contributed by atoms with van der Waals surface area (Å²) in [6.45, 7) is 5.66. The third kappa shape index (κ3) is 2.20. The lowest BCUT2D eigenvalue weighted by Gasteiger charge is -2.06. The summed E-state index contributed by atoms with van der Waals surface area (Å²) in [7, 11) is 0. The molecule has 0 aliphatic heterocycles. The predicted octanol–water partition coefficient (Wildman–Crippen LogP) is 3.65. The summed E-state index contributed by atoms with van der Waals surface area (Å²) < 4.78 is 0.508. The normalized spacial score (nSPS) is 12.1. The summed E-state index contributed by atoms with van der Waals surface area (Å²) in [5.41, 5.74) is 1.10. The summed E-state index contributed by atoms with van der Waals surface area (Å²) in [6.07, 6.45) is 1.80. The molecule has 1 aromatic rings. The Kier molecular flexibility index (Phi) is 3.41. The zero-order valence-electron chi connectivity index (χ0n) is 7.74. The molecule has 4 heteroatoms. The minimum atomic E-state index is -0.410. The molecule has 0 spiro atoms. The SMILES string of the molecule is C=CC(C)c1ccc([N+](=O)[O-])c(Br)c1. The van der Waals surface area contributed by atoms with Crippen LogP contribution in [0, 0.1) is 10.1 Å². The van der Waals surface area contributed by atoms with Gasteiger partial charge in [0, 0.05) is 6.07 Å². The van der Waals surface area contributed by atoms with Gasteiger partial charge in [-0.15, -0.1) is 6.58 Å². The van der Waals surface area contributed by atoms with E-state index in [4.69, 9.17) is 0 Å². The monoisotopic (exact) mass is 255 g/mol. The molecule has 0 aliphatic rings. The van der Waals surface area contributed by atoms with Crippen LogP contribution in [0.2, 0.25) is 0 Å². The maximum absolute atomic E-state index is 10.5. The molecule has 0 heterocycles. The van der Waals surface area contributed by atoms with Crippen molar-refractivity contribution in [1.82, 2.24) is 0 Å². The summed E-state index contributed by atoms with van der Waals surface area (Å²) >= 11 is 3.17. The Labute approximate surface area is 90.7 Å². The van der Waals surface area contributed by atoms with Gasteiger partial charge < -0.3 is 0 Å². The van der Waals surface area contributed by atoms with E-state index in [1.54, 1.807) is 18.2 Å². The quantitative estimate of drug-likeness (QED) is 0.470. The first kappa shape index (κ1) is 10.9. The number of hydrogen-bond donors (Lipinski definition) is 0. The lowest BCUT2D eigenvalue weighted by atomic mass is 10.0. The molecule has 0 saturated carbocycles. The predicted molar refractivity (Wildman–Crippen MR) is 59.4 cm³/mol. The van der Waals surface area contributed by atoms with Gasteiger partial charge in [0.2, 0.25) is 0 Å². The van der Waals surface area contributed by atoms with Gasteiger partial charge >= 0.3 is 0 Å². The van der Waals surface area contributed by atoms with E-state index in [-0.39, 0.29) is 11.6 Å². The second-order valence-corrected chi connectivity index (χ2v) is 3.85. The van der Waals surface area contributed by atoms with Crippen molar-refractivity contribution in [1.29, 1.82) is 0 Å². The van der Waals surface area contributed by atoms with Gasteiger partial charge in [-0.2, -0.15) is 0 Å². The number of rotatable bonds is 3. The van der Waals surface area contributed by atoms with Gasteiger partial charge in [-0.05, 0) is 33.5 Å². The molecule has 0 radical (unpaired) electrons. The second-order valence-electron chi connectivity index (χ2n) is 2.99. The van der Waals surface area contributed by atoms with Crippen molar-refractivity contribution in [3.63, 3.8) is 0 Å². The van der Waals surface area contributed by atoms with Crippen LogP contribution in [0.25, 0.3) is 0 Å². The molecule has 1 unspecified atom stereocenters. The van der Waals surface area contributed by atoms with Crippen LogP contribution in [0.3, 0.4) is 0 Å². The van der Waals surface area contributed by atoms with Crippen LogP contribution in [0.15, 0.2) is 35.3 Å². The average molecular weight is 256 g/mol. The van der Waals surface area contributed by atoms with Crippen LogP contribution in [0.5, 0.6) is 0 Å². The molecule has 0 N–H and O–H groups in total. The Balaban J connectivity index is 3.12. The maximum Gasteiger partial charge on any atom is 0.283 e. The lowest BCUT2D eigenvalue weighted by molar-refractivity contribution is -0.385. The zero-order valence-corrected chi connectivity index (χ0v) is 9.32. The number of nitrogens with zero attached hydrogens (tertiary/aromatic N) is 1. The summed E-state index contributed by atoms with van der Waals surface area (Å²) in [4.78, 5) is 10.1. The van der Waals surface area contributed by atoms with Crippen molar-refractivity contribution in [2.45, 2.75) is 12.8 Å². The van der Waals surface area contributed by atoms with Gasteiger partial charge in [0.1, 0.15) is 0 Å². The Morgan fingerprint density at radius 2 is 2.29 bits per heavy atom. The molecule has 0 aliphatic carbocycles. The van der Waals surface area contributed by atoms with Crippen molar-refractivity contribution in [2.24, 2.45) is 0 Å². The van der Waals surface area contributed by atoms with Crippen LogP contribution in [-0.4, -0.2) is 4.92 Å². The number of nitro groups is 1. The van der Waals surface area contributed by atoms with E-state index in [1.165, 1.54) is 6.07 Å². The van der Waals surface area contributed by atoms with Crippen LogP contribution >= 0.6 is 15.9 Å². The summed E-state index contributed by atoms with van der Waals surface area (Å²) in [6, 6.07) is 5.00. The highest BCUT2D eigenvalue weighted by atomic mass is 79.9. The van der Waals surface area contributed by atoms with E-state index in [1.807, 2.05) is 6.92 Å². The van der Waals surface area contributed by atoms with Crippen molar-refractivity contribution >= 4 is 21.6 Å². The lowest BCUT2D eigenvalue weighted by Crippen LogP contribution is -1.93. The van der Waals surface area contributed by atoms with E-state index in [9.17, 15) is 10.1 Å².